The van der Waals surface area contributed by atoms with Crippen LogP contribution in [0.5, 0.6) is 5.75 Å². The Kier molecular flexibility index (Phi) is 6.77. The molecule has 2 aromatic carbocycles. The van der Waals surface area contributed by atoms with Crippen molar-refractivity contribution in [2.24, 2.45) is 5.14 Å². The highest BCUT2D eigenvalue weighted by atomic mass is 32.2. The van der Waals surface area contributed by atoms with Gasteiger partial charge in [0.25, 0.3) is 0 Å². The van der Waals surface area contributed by atoms with Gasteiger partial charge in [-0.15, -0.1) is 0 Å². The van der Waals surface area contributed by atoms with Crippen LogP contribution in [0, 0.1) is 11.8 Å². The van der Waals surface area contributed by atoms with E-state index in [1.807, 2.05) is 0 Å². The predicted octanol–water partition coefficient (Wildman–Crippen LogP) is 2.07. The van der Waals surface area contributed by atoms with Crippen molar-refractivity contribution in [3.63, 3.8) is 0 Å². The summed E-state index contributed by atoms with van der Waals surface area (Å²) in [6.07, 6.45) is 1.55. The smallest absolute Gasteiger partial charge is 0.229 e. The quantitative estimate of drug-likeness (QED) is 0.294. The Morgan fingerprint density at radius 3 is 2.71 bits per heavy atom. The minimum atomic E-state index is -2.85. The van der Waals surface area contributed by atoms with E-state index in [2.05, 4.69) is 38.3 Å². The Morgan fingerprint density at radius 2 is 2.00 bits per heavy atom. The van der Waals surface area contributed by atoms with Crippen LogP contribution in [0.2, 0.25) is 0 Å². The summed E-state index contributed by atoms with van der Waals surface area (Å²) in [6.45, 7) is 1.71. The number of aromatic nitrogens is 2. The standard InChI is InChI=1S/C22H23N5O3S/c1-15(14-28)25-21-17(10-9-16-5-3-7-19(29)11-16)13-24-22(27-21)26-18-6-4-8-20(12-18)31(2,23)30/h3-8,11-13,15,28-29H,2,14H2,1H3,(H2,23,30)(H2,24,25,26,27)/t15-,31?/m1/s1. The number of phenols is 1. The minimum absolute atomic E-state index is 0.0946. The minimum Gasteiger partial charge on any atom is -0.508 e. The number of aliphatic hydroxyl groups excluding tert-OH is 1. The molecule has 1 heterocycles. The lowest BCUT2D eigenvalue weighted by atomic mass is 10.2. The van der Waals surface area contributed by atoms with Crippen LogP contribution >= 0.6 is 0 Å². The van der Waals surface area contributed by atoms with E-state index in [-0.39, 0.29) is 24.3 Å². The van der Waals surface area contributed by atoms with Crippen molar-refractivity contribution in [3.8, 4) is 17.6 Å². The molecule has 6 N–H and O–H groups in total. The highest BCUT2D eigenvalue weighted by molar-refractivity contribution is 7.98. The molecule has 1 aromatic heterocycles. The number of aromatic hydroxyl groups is 1. The number of hydrogen-bond donors (Lipinski definition) is 5. The fourth-order valence-corrected chi connectivity index (χ4v) is 3.20. The van der Waals surface area contributed by atoms with Crippen LogP contribution in [0.15, 0.2) is 59.6 Å². The lowest BCUT2D eigenvalue weighted by Gasteiger charge is -2.14. The second-order valence-corrected chi connectivity index (χ2v) is 8.79. The van der Waals surface area contributed by atoms with Crippen molar-refractivity contribution in [2.75, 3.05) is 17.2 Å². The first-order valence-electron chi connectivity index (χ1n) is 9.32. The van der Waals surface area contributed by atoms with Gasteiger partial charge in [-0.1, -0.05) is 24.0 Å². The molecule has 1 unspecified atom stereocenters. The first-order valence-corrected chi connectivity index (χ1v) is 11.1. The molecule has 3 rings (SSSR count). The molecule has 0 aliphatic carbocycles. The topological polar surface area (TPSA) is 133 Å². The zero-order valence-corrected chi connectivity index (χ0v) is 17.7. The molecule has 31 heavy (non-hydrogen) atoms. The summed E-state index contributed by atoms with van der Waals surface area (Å²) in [7, 11) is -2.85. The highest BCUT2D eigenvalue weighted by Crippen LogP contribution is 2.20. The van der Waals surface area contributed by atoms with Gasteiger partial charge in [0.1, 0.15) is 11.6 Å². The number of hydrogen-bond acceptors (Lipinski definition) is 7. The number of phenolic OH excluding ortho intramolecular Hbond substituents is 1. The molecule has 0 saturated heterocycles. The lowest BCUT2D eigenvalue weighted by molar-refractivity contribution is 0.281. The Hall–Kier alpha value is -3.58. The van der Waals surface area contributed by atoms with Gasteiger partial charge in [0.15, 0.2) is 0 Å². The van der Waals surface area contributed by atoms with Crippen LogP contribution in [0.25, 0.3) is 0 Å². The van der Waals surface area contributed by atoms with Gasteiger partial charge in [0.2, 0.25) is 5.95 Å². The molecule has 0 bridgehead atoms. The summed E-state index contributed by atoms with van der Waals surface area (Å²) in [4.78, 5) is 9.16. The molecule has 3 aromatic rings. The zero-order chi connectivity index (χ0) is 22.4. The van der Waals surface area contributed by atoms with Crippen LogP contribution in [0.4, 0.5) is 17.5 Å². The van der Waals surface area contributed by atoms with Gasteiger partial charge < -0.3 is 20.8 Å². The first kappa shape index (κ1) is 22.1. The summed E-state index contributed by atoms with van der Waals surface area (Å²) in [6, 6.07) is 13.1. The predicted molar refractivity (Wildman–Crippen MR) is 124 cm³/mol. The Balaban J connectivity index is 1.93. The number of rotatable bonds is 6. The first-order chi connectivity index (χ1) is 14.7. The Labute approximate surface area is 181 Å². The van der Waals surface area contributed by atoms with E-state index in [4.69, 9.17) is 5.14 Å². The molecule has 2 atom stereocenters. The number of aliphatic hydroxyl groups is 1. The van der Waals surface area contributed by atoms with Crippen molar-refractivity contribution in [3.05, 3.63) is 65.9 Å². The van der Waals surface area contributed by atoms with E-state index in [9.17, 15) is 14.4 Å². The summed E-state index contributed by atoms with van der Waals surface area (Å²) in [5.41, 5.74) is 1.75. The molecular weight excluding hydrogens is 414 g/mol. The van der Waals surface area contributed by atoms with Gasteiger partial charge in [-0.2, -0.15) is 4.98 Å². The highest BCUT2D eigenvalue weighted by Gasteiger charge is 2.10. The van der Waals surface area contributed by atoms with Gasteiger partial charge >= 0.3 is 0 Å². The summed E-state index contributed by atoms with van der Waals surface area (Å²) in [5, 5.41) is 30.8. The van der Waals surface area contributed by atoms with Gasteiger partial charge in [0, 0.05) is 22.2 Å². The van der Waals surface area contributed by atoms with Gasteiger partial charge in [-0.25, -0.2) is 9.19 Å². The third-order valence-corrected chi connectivity index (χ3v) is 5.17. The molecule has 160 valence electrons. The molecular formula is C22H23N5O3S. The van der Waals surface area contributed by atoms with Crippen LogP contribution in [0.3, 0.4) is 0 Å². The number of benzene rings is 2. The van der Waals surface area contributed by atoms with Crippen LogP contribution in [0.1, 0.15) is 18.1 Å². The maximum Gasteiger partial charge on any atom is 0.229 e. The normalized spacial score (nSPS) is 13.4. The number of nitrogens with zero attached hydrogens (tertiary/aromatic N) is 2. The summed E-state index contributed by atoms with van der Waals surface area (Å²) < 4.78 is 12.0. The number of anilines is 3. The van der Waals surface area contributed by atoms with E-state index in [0.717, 1.165) is 0 Å². The molecule has 0 aliphatic rings. The second-order valence-electron chi connectivity index (χ2n) is 6.86. The van der Waals surface area contributed by atoms with E-state index < -0.39 is 9.71 Å². The monoisotopic (exact) mass is 437 g/mol. The molecule has 0 radical (unpaired) electrons. The van der Waals surface area contributed by atoms with Gasteiger partial charge in [-0.05, 0) is 49.2 Å². The zero-order valence-electron chi connectivity index (χ0n) is 16.9. The summed E-state index contributed by atoms with van der Waals surface area (Å²) in [5.74, 6) is 10.3. The SMILES string of the molecule is C=S(N)(=O)c1cccc(Nc2ncc(C#Cc3cccc(O)c3)c(N[C@H](C)CO)n2)c1. The fraction of sp³-hybridized carbons (Fsp3) is 0.136. The Bertz CT molecular complexity index is 1250. The van der Waals surface area contributed by atoms with Crippen molar-refractivity contribution in [1.29, 1.82) is 0 Å². The van der Waals surface area contributed by atoms with Crippen molar-refractivity contribution < 1.29 is 14.4 Å². The molecule has 0 spiro atoms. The van der Waals surface area contributed by atoms with E-state index >= 15 is 0 Å². The van der Waals surface area contributed by atoms with Gasteiger partial charge in [0.05, 0.1) is 28.1 Å². The van der Waals surface area contributed by atoms with Crippen LogP contribution in [-0.2, 0) is 9.71 Å². The third kappa shape index (κ3) is 6.20. The van der Waals surface area contributed by atoms with Crippen LogP contribution in [-0.4, -0.2) is 42.9 Å². The van der Waals surface area contributed by atoms with Crippen molar-refractivity contribution in [2.45, 2.75) is 17.9 Å². The largest absolute Gasteiger partial charge is 0.508 e. The number of nitrogens with one attached hydrogen (secondary N) is 2. The molecule has 8 nitrogen and oxygen atoms in total. The van der Waals surface area contributed by atoms with Crippen molar-refractivity contribution in [1.82, 2.24) is 9.97 Å². The molecule has 0 aliphatic heterocycles. The molecule has 0 amide bonds. The fourth-order valence-electron chi connectivity index (χ4n) is 2.56. The average molecular weight is 438 g/mol. The molecule has 9 heteroatoms. The Morgan fingerprint density at radius 1 is 1.23 bits per heavy atom. The van der Waals surface area contributed by atoms with Crippen LogP contribution < -0.4 is 15.8 Å². The summed E-state index contributed by atoms with van der Waals surface area (Å²) >= 11 is 0. The molecule has 0 saturated carbocycles. The number of nitrogens with two attached hydrogens (primary N) is 1. The molecule has 0 fully saturated rings. The maximum absolute atomic E-state index is 12.0. The lowest BCUT2D eigenvalue weighted by Crippen LogP contribution is -2.21. The van der Waals surface area contributed by atoms with E-state index in [1.165, 1.54) is 0 Å². The van der Waals surface area contributed by atoms with E-state index in [0.29, 0.717) is 27.5 Å². The third-order valence-electron chi connectivity index (χ3n) is 4.12. The van der Waals surface area contributed by atoms with E-state index in [1.54, 1.807) is 61.7 Å². The average Bonchev–Trinajstić information content (AvgIpc) is 2.73. The van der Waals surface area contributed by atoms with Gasteiger partial charge in [-0.3, -0.25) is 5.14 Å². The van der Waals surface area contributed by atoms with Crippen molar-refractivity contribution >= 4 is 33.0 Å². The maximum atomic E-state index is 12.0. The second kappa shape index (κ2) is 9.49.